The summed E-state index contributed by atoms with van der Waals surface area (Å²) in [6.45, 7) is 0.527. The van der Waals surface area contributed by atoms with Gasteiger partial charge in [0.1, 0.15) is 6.07 Å². The Balaban J connectivity index is 1.57. The van der Waals surface area contributed by atoms with E-state index in [2.05, 4.69) is 27.8 Å². The molecule has 0 spiro atoms. The normalized spacial score (nSPS) is 10.0. The Hall–Kier alpha value is -3.98. The summed E-state index contributed by atoms with van der Waals surface area (Å²) in [7, 11) is 0. The second-order valence-electron chi connectivity index (χ2n) is 6.42. The highest BCUT2D eigenvalue weighted by molar-refractivity contribution is 6.06. The molecule has 0 radical (unpaired) electrons. The standard InChI is InChI=1S/C23H20N4O2/c24-14-18-10-4-5-11-21(18)27-23(29)20-13-19(15-25-16-20)22(28)26-12-6-9-17-7-2-1-3-8-17/h1-5,7-8,10-11,13,15-16H,6,9,12H2,(H,26,28)(H,27,29). The highest BCUT2D eigenvalue weighted by atomic mass is 16.2. The number of carbonyl (C=O) groups is 2. The van der Waals surface area contributed by atoms with Gasteiger partial charge in [-0.3, -0.25) is 14.6 Å². The molecule has 6 nitrogen and oxygen atoms in total. The summed E-state index contributed by atoms with van der Waals surface area (Å²) in [6.07, 6.45) is 4.50. The van der Waals surface area contributed by atoms with Crippen molar-refractivity contribution in [2.45, 2.75) is 12.8 Å². The minimum Gasteiger partial charge on any atom is -0.352 e. The molecule has 0 atom stereocenters. The van der Waals surface area contributed by atoms with Crippen LogP contribution in [0.2, 0.25) is 0 Å². The first-order chi connectivity index (χ1) is 14.2. The van der Waals surface area contributed by atoms with Crippen LogP contribution in [0.5, 0.6) is 0 Å². The molecule has 144 valence electrons. The molecule has 0 bridgehead atoms. The summed E-state index contributed by atoms with van der Waals surface area (Å²) in [5.41, 5.74) is 2.55. The van der Waals surface area contributed by atoms with Crippen molar-refractivity contribution in [3.8, 4) is 6.07 Å². The van der Waals surface area contributed by atoms with Crippen LogP contribution < -0.4 is 10.6 Å². The quantitative estimate of drug-likeness (QED) is 0.609. The van der Waals surface area contributed by atoms with Crippen molar-refractivity contribution in [1.29, 1.82) is 5.26 Å². The van der Waals surface area contributed by atoms with E-state index in [0.29, 0.717) is 23.4 Å². The number of rotatable bonds is 7. The highest BCUT2D eigenvalue weighted by Crippen LogP contribution is 2.15. The van der Waals surface area contributed by atoms with Gasteiger partial charge in [-0.05, 0) is 36.6 Å². The topological polar surface area (TPSA) is 94.9 Å². The fraction of sp³-hybridized carbons (Fsp3) is 0.130. The van der Waals surface area contributed by atoms with Crippen molar-refractivity contribution in [3.63, 3.8) is 0 Å². The first-order valence-corrected chi connectivity index (χ1v) is 9.25. The van der Waals surface area contributed by atoms with E-state index in [0.717, 1.165) is 12.8 Å². The molecule has 2 aromatic carbocycles. The Bertz CT molecular complexity index is 1040. The number of nitrogens with one attached hydrogen (secondary N) is 2. The second-order valence-corrected chi connectivity index (χ2v) is 6.42. The predicted molar refractivity (Wildman–Crippen MR) is 110 cm³/mol. The maximum Gasteiger partial charge on any atom is 0.257 e. The molecule has 0 aliphatic heterocycles. The van der Waals surface area contributed by atoms with Crippen LogP contribution in [0.3, 0.4) is 0 Å². The number of pyridine rings is 1. The number of para-hydroxylation sites is 1. The third-order valence-electron chi connectivity index (χ3n) is 4.33. The highest BCUT2D eigenvalue weighted by Gasteiger charge is 2.13. The van der Waals surface area contributed by atoms with Crippen molar-refractivity contribution < 1.29 is 9.59 Å². The number of aromatic nitrogens is 1. The lowest BCUT2D eigenvalue weighted by molar-refractivity contribution is 0.0953. The summed E-state index contributed by atoms with van der Waals surface area (Å²) in [6, 6.07) is 20.3. The van der Waals surface area contributed by atoms with Crippen LogP contribution in [0.1, 0.15) is 38.3 Å². The summed E-state index contributed by atoms with van der Waals surface area (Å²) >= 11 is 0. The molecule has 29 heavy (non-hydrogen) atoms. The van der Waals surface area contributed by atoms with Crippen molar-refractivity contribution >= 4 is 17.5 Å². The molecule has 0 aliphatic carbocycles. The average molecular weight is 384 g/mol. The smallest absolute Gasteiger partial charge is 0.257 e. The number of aryl methyl sites for hydroxylation is 1. The van der Waals surface area contributed by atoms with E-state index in [1.807, 2.05) is 24.3 Å². The van der Waals surface area contributed by atoms with E-state index >= 15 is 0 Å². The molecule has 0 aliphatic rings. The summed E-state index contributed by atoms with van der Waals surface area (Å²) in [4.78, 5) is 28.8. The van der Waals surface area contributed by atoms with Gasteiger partial charge in [-0.25, -0.2) is 0 Å². The number of hydrogen-bond acceptors (Lipinski definition) is 4. The molecule has 2 N–H and O–H groups in total. The number of anilines is 1. The Morgan fingerprint density at radius 1 is 0.931 bits per heavy atom. The SMILES string of the molecule is N#Cc1ccccc1NC(=O)c1cncc(C(=O)NCCCc2ccccc2)c1. The molecule has 0 saturated heterocycles. The van der Waals surface area contributed by atoms with Gasteiger partial charge in [0.05, 0.1) is 22.4 Å². The van der Waals surface area contributed by atoms with Crippen molar-refractivity contribution in [1.82, 2.24) is 10.3 Å². The lowest BCUT2D eigenvalue weighted by Gasteiger charge is -2.08. The maximum absolute atomic E-state index is 12.5. The van der Waals surface area contributed by atoms with Crippen LogP contribution in [0.15, 0.2) is 73.1 Å². The first-order valence-electron chi connectivity index (χ1n) is 9.25. The number of carbonyl (C=O) groups excluding carboxylic acids is 2. The molecule has 2 amide bonds. The van der Waals surface area contributed by atoms with Crippen LogP contribution in [0, 0.1) is 11.3 Å². The molecule has 0 fully saturated rings. The van der Waals surface area contributed by atoms with Crippen LogP contribution in [-0.4, -0.2) is 23.3 Å². The van der Waals surface area contributed by atoms with Gasteiger partial charge in [0.2, 0.25) is 0 Å². The Morgan fingerprint density at radius 2 is 1.62 bits per heavy atom. The van der Waals surface area contributed by atoms with Crippen LogP contribution >= 0.6 is 0 Å². The van der Waals surface area contributed by atoms with Gasteiger partial charge in [0.25, 0.3) is 11.8 Å². The van der Waals surface area contributed by atoms with Gasteiger partial charge in [-0.15, -0.1) is 0 Å². The molecule has 1 aromatic heterocycles. The number of hydrogen-bond donors (Lipinski definition) is 2. The lowest BCUT2D eigenvalue weighted by Crippen LogP contribution is -2.25. The van der Waals surface area contributed by atoms with Gasteiger partial charge in [0, 0.05) is 18.9 Å². The Labute approximate surface area is 169 Å². The average Bonchev–Trinajstić information content (AvgIpc) is 2.77. The predicted octanol–water partition coefficient (Wildman–Crippen LogP) is 3.57. The zero-order valence-electron chi connectivity index (χ0n) is 15.8. The van der Waals surface area contributed by atoms with Gasteiger partial charge in [-0.2, -0.15) is 5.26 Å². The summed E-state index contributed by atoms with van der Waals surface area (Å²) in [5.74, 6) is -0.712. The molecular weight excluding hydrogens is 364 g/mol. The molecule has 3 aromatic rings. The van der Waals surface area contributed by atoms with Gasteiger partial charge in [-0.1, -0.05) is 42.5 Å². The molecule has 6 heteroatoms. The third kappa shape index (κ3) is 5.50. The second kappa shape index (κ2) is 9.81. The van der Waals surface area contributed by atoms with E-state index < -0.39 is 5.91 Å². The fourth-order valence-electron chi connectivity index (χ4n) is 2.81. The van der Waals surface area contributed by atoms with Crippen LogP contribution in [0.25, 0.3) is 0 Å². The van der Waals surface area contributed by atoms with Crippen LogP contribution in [0.4, 0.5) is 5.69 Å². The monoisotopic (exact) mass is 384 g/mol. The molecule has 1 heterocycles. The summed E-state index contributed by atoms with van der Waals surface area (Å²) in [5, 5.41) is 14.7. The van der Waals surface area contributed by atoms with E-state index in [1.165, 1.54) is 24.0 Å². The number of benzene rings is 2. The Kier molecular flexibility index (Phi) is 6.69. The van der Waals surface area contributed by atoms with Crippen LogP contribution in [-0.2, 0) is 6.42 Å². The number of amides is 2. The maximum atomic E-state index is 12.5. The zero-order chi connectivity index (χ0) is 20.5. The van der Waals surface area contributed by atoms with E-state index in [1.54, 1.807) is 24.3 Å². The Morgan fingerprint density at radius 3 is 2.38 bits per heavy atom. The molecule has 3 rings (SSSR count). The molecule has 0 saturated carbocycles. The van der Waals surface area contributed by atoms with Gasteiger partial charge >= 0.3 is 0 Å². The van der Waals surface area contributed by atoms with E-state index in [4.69, 9.17) is 5.26 Å². The number of nitriles is 1. The zero-order valence-corrected chi connectivity index (χ0v) is 15.8. The largest absolute Gasteiger partial charge is 0.352 e. The summed E-state index contributed by atoms with van der Waals surface area (Å²) < 4.78 is 0. The minimum atomic E-state index is -0.432. The van der Waals surface area contributed by atoms with Gasteiger partial charge in [0.15, 0.2) is 0 Å². The number of nitrogens with zero attached hydrogens (tertiary/aromatic N) is 2. The fourth-order valence-corrected chi connectivity index (χ4v) is 2.81. The van der Waals surface area contributed by atoms with E-state index in [9.17, 15) is 9.59 Å². The van der Waals surface area contributed by atoms with E-state index in [-0.39, 0.29) is 11.5 Å². The van der Waals surface area contributed by atoms with Crippen molar-refractivity contribution in [2.24, 2.45) is 0 Å². The lowest BCUT2D eigenvalue weighted by atomic mass is 10.1. The van der Waals surface area contributed by atoms with Gasteiger partial charge < -0.3 is 10.6 Å². The minimum absolute atomic E-state index is 0.245. The first kappa shape index (κ1) is 19.8. The molecule has 0 unspecified atom stereocenters. The van der Waals surface area contributed by atoms with Crippen molar-refractivity contribution in [2.75, 3.05) is 11.9 Å². The third-order valence-corrected chi connectivity index (χ3v) is 4.33. The van der Waals surface area contributed by atoms with Crippen molar-refractivity contribution in [3.05, 3.63) is 95.3 Å². The molecular formula is C23H20N4O2.